The Balaban J connectivity index is 1.55. The highest BCUT2D eigenvalue weighted by Gasteiger charge is 2.50. The zero-order valence-corrected chi connectivity index (χ0v) is 26.7. The predicted octanol–water partition coefficient (Wildman–Crippen LogP) is 6.50. The van der Waals surface area contributed by atoms with Crippen LogP contribution in [0.25, 0.3) is 0 Å². The molecule has 0 fully saturated rings. The Morgan fingerprint density at radius 1 is 0.977 bits per heavy atom. The molecule has 10 heteroatoms. The number of hydrogen-bond acceptors (Lipinski definition) is 6. The van der Waals surface area contributed by atoms with Crippen molar-refractivity contribution in [2.75, 3.05) is 6.61 Å². The quantitative estimate of drug-likeness (QED) is 0.208. The number of nitrogens with one attached hydrogen (secondary N) is 1. The molecule has 2 atom stereocenters. The number of aromatic nitrogens is 1. The fraction of sp³-hybridized carbons (Fsp3) is 0.455. The van der Waals surface area contributed by atoms with Crippen LogP contribution < -0.4 is 20.4 Å². The van der Waals surface area contributed by atoms with E-state index in [2.05, 4.69) is 84.3 Å². The van der Waals surface area contributed by atoms with E-state index in [1.54, 1.807) is 26.8 Å². The fourth-order valence-corrected chi connectivity index (χ4v) is 10.3. The summed E-state index contributed by atoms with van der Waals surface area (Å²) in [5.41, 5.74) is 0.407. The number of rotatable bonds is 10. The summed E-state index contributed by atoms with van der Waals surface area (Å²) in [5.74, 6) is -0.203. The van der Waals surface area contributed by atoms with Crippen LogP contribution in [0.1, 0.15) is 71.7 Å². The Morgan fingerprint density at radius 3 is 2.12 bits per heavy atom. The summed E-state index contributed by atoms with van der Waals surface area (Å²) in [5, 5.41) is 5.18. The highest BCUT2D eigenvalue weighted by Crippen LogP contribution is 2.37. The van der Waals surface area contributed by atoms with Gasteiger partial charge in [0.05, 0.1) is 24.4 Å². The SMILES string of the molecule is CC(C)(C)OC(=O)N[C@H]1c2ccc(OC(F)F)nc2CO[C@H]1CCCO[Si](c1ccccc1)(c1ccccc1)C(C)(C)C. The average Bonchev–Trinajstić information content (AvgIpc) is 2.93. The maximum absolute atomic E-state index is 12.8. The van der Waals surface area contributed by atoms with Crippen molar-refractivity contribution in [2.45, 2.75) is 90.4 Å². The molecule has 1 aliphatic heterocycles. The van der Waals surface area contributed by atoms with E-state index in [0.717, 1.165) is 0 Å². The number of alkyl carbamates (subject to hydrolysis) is 1. The second kappa shape index (κ2) is 13.5. The monoisotopic (exact) mass is 612 g/mol. The first kappa shape index (κ1) is 32.6. The van der Waals surface area contributed by atoms with Crippen LogP contribution in [0, 0.1) is 0 Å². The van der Waals surface area contributed by atoms with Crippen LogP contribution in [0.4, 0.5) is 13.6 Å². The van der Waals surface area contributed by atoms with Gasteiger partial charge in [0.2, 0.25) is 5.88 Å². The second-order valence-electron chi connectivity index (χ2n) is 12.7. The van der Waals surface area contributed by atoms with E-state index in [-0.39, 0.29) is 17.5 Å². The molecule has 232 valence electrons. The summed E-state index contributed by atoms with van der Waals surface area (Å²) in [4.78, 5) is 17.0. The number of ether oxygens (including phenoxy) is 3. The molecule has 0 bridgehead atoms. The summed E-state index contributed by atoms with van der Waals surface area (Å²) >= 11 is 0. The van der Waals surface area contributed by atoms with Crippen molar-refractivity contribution in [1.82, 2.24) is 10.3 Å². The summed E-state index contributed by atoms with van der Waals surface area (Å²) in [6, 6.07) is 23.3. The van der Waals surface area contributed by atoms with Crippen LogP contribution in [-0.4, -0.2) is 44.3 Å². The maximum atomic E-state index is 12.8. The first-order valence-corrected chi connectivity index (χ1v) is 16.5. The molecule has 0 radical (unpaired) electrons. The Labute approximate surface area is 254 Å². The number of halogens is 2. The van der Waals surface area contributed by atoms with Crippen molar-refractivity contribution < 1.29 is 32.2 Å². The van der Waals surface area contributed by atoms with E-state index in [4.69, 9.17) is 13.9 Å². The molecule has 1 aromatic heterocycles. The number of amides is 1. The highest BCUT2D eigenvalue weighted by molar-refractivity contribution is 6.99. The second-order valence-corrected chi connectivity index (χ2v) is 17.0. The number of fused-ring (bicyclic) bond motifs is 1. The lowest BCUT2D eigenvalue weighted by Gasteiger charge is -2.43. The normalized spacial score (nSPS) is 17.3. The molecule has 0 unspecified atom stereocenters. The van der Waals surface area contributed by atoms with Crippen molar-refractivity contribution in [2.24, 2.45) is 0 Å². The van der Waals surface area contributed by atoms with Crippen LogP contribution in [0.2, 0.25) is 5.04 Å². The third-order valence-electron chi connectivity index (χ3n) is 7.38. The minimum atomic E-state index is -2.99. The average molecular weight is 613 g/mol. The number of alkyl halides is 2. The number of nitrogens with zero attached hydrogens (tertiary/aromatic N) is 1. The molecule has 1 aliphatic rings. The first-order valence-electron chi connectivity index (χ1n) is 14.6. The molecule has 4 rings (SSSR count). The van der Waals surface area contributed by atoms with Crippen LogP contribution >= 0.6 is 0 Å². The van der Waals surface area contributed by atoms with Gasteiger partial charge < -0.3 is 24.0 Å². The summed E-state index contributed by atoms with van der Waals surface area (Å²) in [7, 11) is -2.70. The van der Waals surface area contributed by atoms with Gasteiger partial charge in [-0.05, 0) is 55.1 Å². The Morgan fingerprint density at radius 2 is 1.58 bits per heavy atom. The zero-order valence-electron chi connectivity index (χ0n) is 25.7. The van der Waals surface area contributed by atoms with Gasteiger partial charge in [0, 0.05) is 18.2 Å². The largest absolute Gasteiger partial charge is 0.444 e. The van der Waals surface area contributed by atoms with Gasteiger partial charge in [-0.3, -0.25) is 0 Å². The maximum Gasteiger partial charge on any atom is 0.408 e. The number of benzene rings is 2. The zero-order chi connectivity index (χ0) is 31.3. The Kier molecular flexibility index (Phi) is 10.2. The fourth-order valence-electron chi connectivity index (χ4n) is 5.66. The Bertz CT molecular complexity index is 1310. The van der Waals surface area contributed by atoms with Crippen LogP contribution in [0.15, 0.2) is 72.8 Å². The van der Waals surface area contributed by atoms with E-state index in [1.165, 1.54) is 16.4 Å². The van der Waals surface area contributed by atoms with Gasteiger partial charge in [-0.15, -0.1) is 0 Å². The molecule has 0 saturated carbocycles. The molecule has 2 aromatic carbocycles. The van der Waals surface area contributed by atoms with Crippen LogP contribution in [0.3, 0.4) is 0 Å². The molecule has 1 amide bonds. The summed E-state index contributed by atoms with van der Waals surface area (Å²) in [6.07, 6.45) is 0.228. The van der Waals surface area contributed by atoms with E-state index < -0.39 is 38.8 Å². The van der Waals surface area contributed by atoms with E-state index in [0.29, 0.717) is 30.7 Å². The summed E-state index contributed by atoms with van der Waals surface area (Å²) < 4.78 is 48.8. The van der Waals surface area contributed by atoms with Crippen molar-refractivity contribution in [3.8, 4) is 5.88 Å². The first-order chi connectivity index (χ1) is 20.3. The number of hydrogen-bond donors (Lipinski definition) is 1. The molecule has 2 heterocycles. The van der Waals surface area contributed by atoms with E-state index in [9.17, 15) is 13.6 Å². The lowest BCUT2D eigenvalue weighted by Crippen LogP contribution is -2.66. The molecule has 0 spiro atoms. The third-order valence-corrected chi connectivity index (χ3v) is 12.4. The van der Waals surface area contributed by atoms with Gasteiger partial charge in [0.25, 0.3) is 8.32 Å². The number of carbonyl (C=O) groups excluding carboxylic acids is 1. The van der Waals surface area contributed by atoms with Gasteiger partial charge in [0.1, 0.15) is 5.60 Å². The molecular formula is C33H42F2N2O5Si. The lowest BCUT2D eigenvalue weighted by molar-refractivity contribution is -0.0541. The number of carbonyl (C=O) groups is 1. The molecular weight excluding hydrogens is 570 g/mol. The van der Waals surface area contributed by atoms with Gasteiger partial charge in [-0.1, -0.05) is 81.4 Å². The van der Waals surface area contributed by atoms with Crippen molar-refractivity contribution in [3.63, 3.8) is 0 Å². The van der Waals surface area contributed by atoms with Crippen molar-refractivity contribution >= 4 is 24.8 Å². The number of pyridine rings is 1. The minimum Gasteiger partial charge on any atom is -0.444 e. The molecule has 43 heavy (non-hydrogen) atoms. The minimum absolute atomic E-state index is 0.0997. The van der Waals surface area contributed by atoms with Gasteiger partial charge in [-0.2, -0.15) is 8.78 Å². The molecule has 3 aromatic rings. The van der Waals surface area contributed by atoms with E-state index in [1.807, 2.05) is 12.1 Å². The lowest BCUT2D eigenvalue weighted by atomic mass is 9.94. The molecule has 0 saturated heterocycles. The predicted molar refractivity (Wildman–Crippen MR) is 164 cm³/mol. The topological polar surface area (TPSA) is 78.9 Å². The third kappa shape index (κ3) is 7.98. The van der Waals surface area contributed by atoms with Crippen LogP contribution in [0.5, 0.6) is 5.88 Å². The summed E-state index contributed by atoms with van der Waals surface area (Å²) in [6.45, 7) is 9.66. The molecule has 1 N–H and O–H groups in total. The standard InChI is InChI=1S/C33H42F2N2O5Si/c1-32(2,3)42-31(38)37-29-25-19-20-28(41-30(34)35)36-26(25)22-39-27(29)18-13-21-40-43(33(4,5)6,23-14-9-7-10-15-23)24-16-11-8-12-17-24/h7-12,14-17,19-20,27,29-30H,13,18,21-22H2,1-6H3,(H,37,38)/t27-,29-/m0/s1. The van der Waals surface area contributed by atoms with Crippen LogP contribution in [-0.2, 0) is 20.5 Å². The smallest absolute Gasteiger partial charge is 0.408 e. The van der Waals surface area contributed by atoms with Gasteiger partial charge in [0.15, 0.2) is 0 Å². The molecule has 0 aliphatic carbocycles. The van der Waals surface area contributed by atoms with E-state index >= 15 is 0 Å². The molecule has 7 nitrogen and oxygen atoms in total. The Hall–Kier alpha value is -3.34. The highest BCUT2D eigenvalue weighted by atomic mass is 28.4. The van der Waals surface area contributed by atoms with Gasteiger partial charge >= 0.3 is 12.7 Å². The van der Waals surface area contributed by atoms with Crippen molar-refractivity contribution in [1.29, 1.82) is 0 Å². The van der Waals surface area contributed by atoms with Gasteiger partial charge in [-0.25, -0.2) is 9.78 Å². The van der Waals surface area contributed by atoms with Crippen molar-refractivity contribution in [3.05, 3.63) is 84.1 Å².